The van der Waals surface area contributed by atoms with E-state index in [0.717, 1.165) is 20.4 Å². The number of ether oxygens (including phenoxy) is 1. The van der Waals surface area contributed by atoms with Crippen molar-refractivity contribution in [2.45, 2.75) is 20.8 Å². The molecule has 0 saturated carbocycles. The van der Waals surface area contributed by atoms with Gasteiger partial charge >= 0.3 is 6.01 Å². The van der Waals surface area contributed by atoms with Crippen LogP contribution in [0.4, 0.5) is 0 Å². The Morgan fingerprint density at radius 2 is 1.59 bits per heavy atom. The van der Waals surface area contributed by atoms with Gasteiger partial charge in [-0.1, -0.05) is 12.1 Å². The maximum Gasteiger partial charge on any atom is 0.321 e. The molecule has 1 aromatic carbocycles. The summed E-state index contributed by atoms with van der Waals surface area (Å²) in [5.41, 5.74) is 3.43. The van der Waals surface area contributed by atoms with Gasteiger partial charge in [0.25, 0.3) is 0 Å². The predicted octanol–water partition coefficient (Wildman–Crippen LogP) is 3.80. The summed E-state index contributed by atoms with van der Waals surface area (Å²) in [5, 5.41) is 0. The molecule has 0 spiro atoms. The molecule has 4 heteroatoms. The fraction of sp³-hybridized carbons (Fsp3) is 0.231. The second-order valence-electron chi connectivity index (χ2n) is 3.94. The number of halogens is 1. The predicted molar refractivity (Wildman–Crippen MR) is 75.5 cm³/mol. The summed E-state index contributed by atoms with van der Waals surface area (Å²) in [7, 11) is 0. The maximum atomic E-state index is 5.75. The molecule has 2 aromatic rings. The molecule has 0 aliphatic carbocycles. The fourth-order valence-corrected chi connectivity index (χ4v) is 1.81. The monoisotopic (exact) mass is 340 g/mol. The Morgan fingerprint density at radius 1 is 1.00 bits per heavy atom. The molecule has 3 nitrogen and oxygen atoms in total. The average Bonchev–Trinajstić information content (AvgIpc) is 2.32. The van der Waals surface area contributed by atoms with Gasteiger partial charge in [0.2, 0.25) is 0 Å². The molecule has 2 rings (SSSR count). The SMILES string of the molecule is Cc1ccc(C)c(Oc2ncc(I)cn2)c1C. The summed E-state index contributed by atoms with van der Waals surface area (Å²) in [4.78, 5) is 8.29. The van der Waals surface area contributed by atoms with Gasteiger partial charge in [0.15, 0.2) is 0 Å². The van der Waals surface area contributed by atoms with E-state index in [2.05, 4.69) is 45.5 Å². The number of aryl methyl sites for hydroxylation is 2. The minimum absolute atomic E-state index is 0.391. The van der Waals surface area contributed by atoms with E-state index in [0.29, 0.717) is 6.01 Å². The Morgan fingerprint density at radius 3 is 2.24 bits per heavy atom. The van der Waals surface area contributed by atoms with Gasteiger partial charge in [0.05, 0.1) is 0 Å². The van der Waals surface area contributed by atoms with E-state index < -0.39 is 0 Å². The Balaban J connectivity index is 2.36. The zero-order valence-electron chi connectivity index (χ0n) is 9.99. The molecule has 0 atom stereocenters. The van der Waals surface area contributed by atoms with Crippen molar-refractivity contribution < 1.29 is 4.74 Å². The topological polar surface area (TPSA) is 35.0 Å². The molecular formula is C13H13IN2O. The van der Waals surface area contributed by atoms with Crippen molar-refractivity contribution in [1.29, 1.82) is 0 Å². The van der Waals surface area contributed by atoms with Crippen molar-refractivity contribution in [3.05, 3.63) is 44.8 Å². The second-order valence-corrected chi connectivity index (χ2v) is 5.19. The first-order valence-corrected chi connectivity index (χ1v) is 6.38. The van der Waals surface area contributed by atoms with Crippen LogP contribution < -0.4 is 4.74 Å². The molecule has 0 saturated heterocycles. The van der Waals surface area contributed by atoms with Crippen molar-refractivity contribution in [3.8, 4) is 11.8 Å². The van der Waals surface area contributed by atoms with Crippen LogP contribution in [-0.2, 0) is 0 Å². The van der Waals surface area contributed by atoms with Crippen LogP contribution in [0.25, 0.3) is 0 Å². The van der Waals surface area contributed by atoms with E-state index in [1.165, 1.54) is 5.56 Å². The van der Waals surface area contributed by atoms with Gasteiger partial charge < -0.3 is 4.74 Å². The van der Waals surface area contributed by atoms with E-state index in [1.807, 2.05) is 19.9 Å². The normalized spacial score (nSPS) is 10.4. The van der Waals surface area contributed by atoms with E-state index in [-0.39, 0.29) is 0 Å². The van der Waals surface area contributed by atoms with Crippen molar-refractivity contribution in [1.82, 2.24) is 9.97 Å². The lowest BCUT2D eigenvalue weighted by Gasteiger charge is -2.11. The highest BCUT2D eigenvalue weighted by Crippen LogP contribution is 2.28. The van der Waals surface area contributed by atoms with Crippen LogP contribution >= 0.6 is 22.6 Å². The summed E-state index contributed by atoms with van der Waals surface area (Å²) >= 11 is 2.17. The lowest BCUT2D eigenvalue weighted by molar-refractivity contribution is 0.434. The summed E-state index contributed by atoms with van der Waals surface area (Å²) in [5.74, 6) is 0.853. The molecule has 1 heterocycles. The minimum Gasteiger partial charge on any atom is -0.424 e. The van der Waals surface area contributed by atoms with Gasteiger partial charge in [-0.05, 0) is 60.1 Å². The number of hydrogen-bond acceptors (Lipinski definition) is 3. The summed E-state index contributed by atoms with van der Waals surface area (Å²) in [6, 6.07) is 4.53. The van der Waals surface area contributed by atoms with Gasteiger partial charge in [0, 0.05) is 16.0 Å². The lowest BCUT2D eigenvalue weighted by atomic mass is 10.1. The minimum atomic E-state index is 0.391. The van der Waals surface area contributed by atoms with Crippen molar-refractivity contribution >= 4 is 22.6 Å². The summed E-state index contributed by atoms with van der Waals surface area (Å²) < 4.78 is 6.74. The van der Waals surface area contributed by atoms with Crippen LogP contribution in [0.3, 0.4) is 0 Å². The van der Waals surface area contributed by atoms with Crippen LogP contribution in [0, 0.1) is 24.3 Å². The number of nitrogens with zero attached hydrogens (tertiary/aromatic N) is 2. The van der Waals surface area contributed by atoms with Gasteiger partial charge in [-0.25, -0.2) is 9.97 Å². The van der Waals surface area contributed by atoms with E-state index in [9.17, 15) is 0 Å². The molecular weight excluding hydrogens is 327 g/mol. The first-order chi connectivity index (χ1) is 8.08. The number of aromatic nitrogens is 2. The van der Waals surface area contributed by atoms with Gasteiger partial charge in [0.1, 0.15) is 5.75 Å². The standard InChI is InChI=1S/C13H13IN2O/c1-8-4-5-9(2)12(10(8)3)17-13-15-6-11(14)7-16-13/h4-7H,1-3H3. The van der Waals surface area contributed by atoms with Gasteiger partial charge in [-0.15, -0.1) is 0 Å². The Bertz CT molecular complexity index is 538. The molecule has 0 radical (unpaired) electrons. The molecule has 0 fully saturated rings. The summed E-state index contributed by atoms with van der Waals surface area (Å²) in [6.07, 6.45) is 3.48. The van der Waals surface area contributed by atoms with Crippen LogP contribution in [0.2, 0.25) is 0 Å². The third-order valence-corrected chi connectivity index (χ3v) is 3.22. The van der Waals surface area contributed by atoms with Crippen molar-refractivity contribution in [2.75, 3.05) is 0 Å². The van der Waals surface area contributed by atoms with E-state index in [4.69, 9.17) is 4.74 Å². The zero-order chi connectivity index (χ0) is 12.4. The molecule has 0 amide bonds. The molecule has 0 bridgehead atoms. The largest absolute Gasteiger partial charge is 0.424 e. The quantitative estimate of drug-likeness (QED) is 0.780. The van der Waals surface area contributed by atoms with Crippen LogP contribution in [-0.4, -0.2) is 9.97 Å². The molecule has 0 aliphatic rings. The molecule has 0 unspecified atom stereocenters. The highest BCUT2D eigenvalue weighted by Gasteiger charge is 2.08. The molecule has 0 aliphatic heterocycles. The van der Waals surface area contributed by atoms with E-state index >= 15 is 0 Å². The number of rotatable bonds is 2. The smallest absolute Gasteiger partial charge is 0.321 e. The molecule has 1 aromatic heterocycles. The summed E-state index contributed by atoms with van der Waals surface area (Å²) in [6.45, 7) is 6.13. The first-order valence-electron chi connectivity index (χ1n) is 5.30. The third-order valence-electron chi connectivity index (χ3n) is 2.66. The number of benzene rings is 1. The van der Waals surface area contributed by atoms with Gasteiger partial charge in [-0.3, -0.25) is 0 Å². The first kappa shape index (κ1) is 12.3. The van der Waals surface area contributed by atoms with Gasteiger partial charge in [-0.2, -0.15) is 0 Å². The highest BCUT2D eigenvalue weighted by molar-refractivity contribution is 14.1. The average molecular weight is 340 g/mol. The number of hydrogen-bond donors (Lipinski definition) is 0. The lowest BCUT2D eigenvalue weighted by Crippen LogP contribution is -1.97. The Labute approximate surface area is 114 Å². The van der Waals surface area contributed by atoms with Crippen LogP contribution in [0.1, 0.15) is 16.7 Å². The maximum absolute atomic E-state index is 5.75. The van der Waals surface area contributed by atoms with Crippen molar-refractivity contribution in [2.24, 2.45) is 0 Å². The molecule has 88 valence electrons. The molecule has 17 heavy (non-hydrogen) atoms. The molecule has 0 N–H and O–H groups in total. The third kappa shape index (κ3) is 2.74. The van der Waals surface area contributed by atoms with Crippen LogP contribution in [0.15, 0.2) is 24.5 Å². The van der Waals surface area contributed by atoms with Crippen LogP contribution in [0.5, 0.6) is 11.8 Å². The van der Waals surface area contributed by atoms with Crippen molar-refractivity contribution in [3.63, 3.8) is 0 Å². The van der Waals surface area contributed by atoms with E-state index in [1.54, 1.807) is 12.4 Å². The highest BCUT2D eigenvalue weighted by atomic mass is 127. The zero-order valence-corrected chi connectivity index (χ0v) is 12.1. The Hall–Kier alpha value is -1.17. The fourth-order valence-electron chi connectivity index (χ4n) is 1.53. The Kier molecular flexibility index (Phi) is 3.61. The second kappa shape index (κ2) is 5.00.